The van der Waals surface area contributed by atoms with Gasteiger partial charge >= 0.3 is 0 Å². The van der Waals surface area contributed by atoms with Crippen molar-refractivity contribution >= 4 is 0 Å². The van der Waals surface area contributed by atoms with Crippen molar-refractivity contribution in [3.63, 3.8) is 0 Å². The van der Waals surface area contributed by atoms with Crippen LogP contribution in [0.5, 0.6) is 17.2 Å². The molecular weight excluding hydrogens is 406 g/mol. The summed E-state index contributed by atoms with van der Waals surface area (Å²) < 4.78 is 19.3. The van der Waals surface area contributed by atoms with Crippen molar-refractivity contribution in [2.75, 3.05) is 33.4 Å². The van der Waals surface area contributed by atoms with E-state index < -0.39 is 5.60 Å². The van der Waals surface area contributed by atoms with Gasteiger partial charge in [-0.25, -0.2) is 4.98 Å². The van der Waals surface area contributed by atoms with E-state index in [-0.39, 0.29) is 0 Å². The second kappa shape index (κ2) is 10.5. The summed E-state index contributed by atoms with van der Waals surface area (Å²) in [6.07, 6.45) is 7.11. The van der Waals surface area contributed by atoms with Crippen LogP contribution in [-0.4, -0.2) is 58.6 Å². The van der Waals surface area contributed by atoms with Crippen molar-refractivity contribution in [3.05, 3.63) is 72.8 Å². The zero-order valence-electron chi connectivity index (χ0n) is 18.5. The zero-order valence-corrected chi connectivity index (χ0v) is 18.5. The van der Waals surface area contributed by atoms with Gasteiger partial charge in [-0.1, -0.05) is 24.3 Å². The minimum absolute atomic E-state index is 0.290. The molecule has 1 atom stereocenters. The zero-order chi connectivity index (χ0) is 22.2. The Morgan fingerprint density at radius 3 is 2.75 bits per heavy atom. The van der Waals surface area contributed by atoms with Crippen LogP contribution in [0.3, 0.4) is 0 Å². The average molecular weight is 438 g/mol. The van der Waals surface area contributed by atoms with Crippen molar-refractivity contribution in [1.82, 2.24) is 14.5 Å². The summed E-state index contributed by atoms with van der Waals surface area (Å²) in [7, 11) is 1.65. The molecule has 3 aromatic rings. The average Bonchev–Trinajstić information content (AvgIpc) is 3.32. The topological polar surface area (TPSA) is 69.0 Å². The van der Waals surface area contributed by atoms with Crippen LogP contribution in [0.2, 0.25) is 0 Å². The van der Waals surface area contributed by atoms with Crippen LogP contribution < -0.4 is 14.2 Å². The van der Waals surface area contributed by atoms with E-state index in [0.29, 0.717) is 32.1 Å². The predicted molar refractivity (Wildman–Crippen MR) is 122 cm³/mol. The normalized spacial score (nSPS) is 18.9. The first kappa shape index (κ1) is 22.2. The quantitative estimate of drug-likeness (QED) is 0.525. The third-order valence-corrected chi connectivity index (χ3v) is 5.69. The van der Waals surface area contributed by atoms with Crippen LogP contribution in [0.1, 0.15) is 18.4 Å². The van der Waals surface area contributed by atoms with Gasteiger partial charge in [0.2, 0.25) is 0 Å². The smallest absolute Gasteiger partial charge is 0.161 e. The predicted octanol–water partition coefficient (Wildman–Crippen LogP) is 3.38. The summed E-state index contributed by atoms with van der Waals surface area (Å²) in [4.78, 5) is 6.32. The van der Waals surface area contributed by atoms with Crippen molar-refractivity contribution in [1.29, 1.82) is 0 Å². The van der Waals surface area contributed by atoms with E-state index in [1.165, 1.54) is 0 Å². The molecule has 7 nitrogen and oxygen atoms in total. The van der Waals surface area contributed by atoms with E-state index in [1.807, 2.05) is 53.2 Å². The molecule has 1 aliphatic rings. The fraction of sp³-hybridized carbons (Fsp3) is 0.400. The second-order valence-corrected chi connectivity index (χ2v) is 8.27. The lowest BCUT2D eigenvalue weighted by molar-refractivity contribution is -0.0621. The molecule has 4 rings (SSSR count). The Balaban J connectivity index is 1.34. The number of hydrogen-bond donors (Lipinski definition) is 1. The number of para-hydroxylation sites is 1. The Hall–Kier alpha value is -3.03. The van der Waals surface area contributed by atoms with Gasteiger partial charge < -0.3 is 23.9 Å². The van der Waals surface area contributed by atoms with Crippen molar-refractivity contribution in [2.45, 2.75) is 31.5 Å². The van der Waals surface area contributed by atoms with Crippen LogP contribution in [0.15, 0.2) is 67.3 Å². The third-order valence-electron chi connectivity index (χ3n) is 5.69. The van der Waals surface area contributed by atoms with Gasteiger partial charge in [-0.3, -0.25) is 4.90 Å². The number of ether oxygens (including phenoxy) is 3. The molecule has 0 saturated carbocycles. The van der Waals surface area contributed by atoms with Gasteiger partial charge in [-0.2, -0.15) is 0 Å². The molecule has 1 unspecified atom stereocenters. The summed E-state index contributed by atoms with van der Waals surface area (Å²) in [6, 6.07) is 15.7. The first-order valence-electron chi connectivity index (χ1n) is 11.0. The van der Waals surface area contributed by atoms with Crippen LogP contribution in [0.25, 0.3) is 0 Å². The standard InChI is InChI=1S/C25H31N3O4/c1-30-23-9-8-21(16-24(23)31-15-14-27-13-11-26-20-27)17-28-12-5-10-25(29,18-28)19-32-22-6-3-2-4-7-22/h2-4,6-9,11,13,16,20,29H,5,10,12,14-15,17-19H2,1H3. The molecule has 1 N–H and O–H groups in total. The van der Waals surface area contributed by atoms with E-state index in [0.717, 1.165) is 43.0 Å². The Morgan fingerprint density at radius 2 is 1.97 bits per heavy atom. The number of hydrogen-bond acceptors (Lipinski definition) is 6. The minimum atomic E-state index is -0.856. The fourth-order valence-corrected chi connectivity index (χ4v) is 4.06. The molecule has 170 valence electrons. The molecule has 1 aliphatic heterocycles. The number of aliphatic hydroxyl groups is 1. The van der Waals surface area contributed by atoms with Gasteiger partial charge in [0.15, 0.2) is 11.5 Å². The third kappa shape index (κ3) is 6.02. The number of nitrogens with zero attached hydrogens (tertiary/aromatic N) is 3. The van der Waals surface area contributed by atoms with Crippen molar-refractivity contribution in [2.24, 2.45) is 0 Å². The first-order chi connectivity index (χ1) is 15.6. The van der Waals surface area contributed by atoms with Gasteiger partial charge in [0, 0.05) is 25.5 Å². The van der Waals surface area contributed by atoms with Crippen LogP contribution in [0, 0.1) is 0 Å². The van der Waals surface area contributed by atoms with E-state index in [9.17, 15) is 5.11 Å². The molecule has 2 heterocycles. The Bertz CT molecular complexity index is 965. The molecule has 0 aliphatic carbocycles. The molecule has 2 aromatic carbocycles. The number of β-amino-alcohol motifs (C(OH)–C–C–N with tert-alkyl or cyclic N) is 1. The van der Waals surface area contributed by atoms with Gasteiger partial charge in [-0.15, -0.1) is 0 Å². The Labute approximate surface area is 189 Å². The first-order valence-corrected chi connectivity index (χ1v) is 11.0. The SMILES string of the molecule is COc1ccc(CN2CCCC(O)(COc3ccccc3)C2)cc1OCCn1ccnc1. The van der Waals surface area contributed by atoms with E-state index >= 15 is 0 Å². The summed E-state index contributed by atoms with van der Waals surface area (Å²) >= 11 is 0. The van der Waals surface area contributed by atoms with Crippen LogP contribution in [-0.2, 0) is 13.1 Å². The molecule has 1 aromatic heterocycles. The van der Waals surface area contributed by atoms with Crippen molar-refractivity contribution in [3.8, 4) is 17.2 Å². The Kier molecular flexibility index (Phi) is 7.29. The second-order valence-electron chi connectivity index (χ2n) is 8.27. The number of rotatable bonds is 10. The summed E-state index contributed by atoms with van der Waals surface area (Å²) in [5.74, 6) is 2.22. The lowest BCUT2D eigenvalue weighted by Crippen LogP contribution is -2.51. The number of likely N-dealkylation sites (tertiary alicyclic amines) is 1. The minimum Gasteiger partial charge on any atom is -0.493 e. The van der Waals surface area contributed by atoms with Crippen molar-refractivity contribution < 1.29 is 19.3 Å². The molecule has 0 radical (unpaired) electrons. The van der Waals surface area contributed by atoms with E-state index in [1.54, 1.807) is 19.6 Å². The maximum absolute atomic E-state index is 11.1. The van der Waals surface area contributed by atoms with Gasteiger partial charge in [0.25, 0.3) is 0 Å². The summed E-state index contributed by atoms with van der Waals surface area (Å²) in [6.45, 7) is 3.78. The molecule has 0 amide bonds. The maximum Gasteiger partial charge on any atom is 0.161 e. The molecule has 1 saturated heterocycles. The Morgan fingerprint density at radius 1 is 1.09 bits per heavy atom. The van der Waals surface area contributed by atoms with Gasteiger partial charge in [-0.05, 0) is 49.2 Å². The maximum atomic E-state index is 11.1. The number of imidazole rings is 1. The highest BCUT2D eigenvalue weighted by molar-refractivity contribution is 5.43. The monoisotopic (exact) mass is 437 g/mol. The highest BCUT2D eigenvalue weighted by Gasteiger charge is 2.34. The molecular formula is C25H31N3O4. The van der Waals surface area contributed by atoms with E-state index in [2.05, 4.69) is 16.0 Å². The fourth-order valence-electron chi connectivity index (χ4n) is 4.06. The van der Waals surface area contributed by atoms with Crippen LogP contribution >= 0.6 is 0 Å². The molecule has 0 spiro atoms. The number of benzene rings is 2. The molecule has 7 heteroatoms. The summed E-state index contributed by atoms with van der Waals surface area (Å²) in [5, 5.41) is 11.1. The lowest BCUT2D eigenvalue weighted by atomic mass is 9.93. The molecule has 1 fully saturated rings. The molecule has 32 heavy (non-hydrogen) atoms. The molecule has 0 bridgehead atoms. The number of methoxy groups -OCH3 is 1. The lowest BCUT2D eigenvalue weighted by Gasteiger charge is -2.39. The number of piperidine rings is 1. The van der Waals surface area contributed by atoms with Gasteiger partial charge in [0.05, 0.1) is 20.0 Å². The number of aromatic nitrogens is 2. The van der Waals surface area contributed by atoms with Crippen LogP contribution in [0.4, 0.5) is 0 Å². The highest BCUT2D eigenvalue weighted by atomic mass is 16.5. The summed E-state index contributed by atoms with van der Waals surface area (Å²) in [5.41, 5.74) is 0.265. The largest absolute Gasteiger partial charge is 0.493 e. The highest BCUT2D eigenvalue weighted by Crippen LogP contribution is 2.30. The van der Waals surface area contributed by atoms with E-state index in [4.69, 9.17) is 14.2 Å². The van der Waals surface area contributed by atoms with Gasteiger partial charge in [0.1, 0.15) is 24.6 Å².